The van der Waals surface area contributed by atoms with Crippen molar-refractivity contribution in [2.45, 2.75) is 45.1 Å². The average molecular weight is 388 g/mol. The van der Waals surface area contributed by atoms with E-state index in [9.17, 15) is 9.59 Å². The Bertz CT molecular complexity index is 655. The molecule has 2 atom stereocenters. The van der Waals surface area contributed by atoms with Crippen molar-refractivity contribution < 1.29 is 14.3 Å². The molecule has 3 rings (SSSR count). The topological polar surface area (TPSA) is 61.9 Å². The Hall–Kier alpha value is -2.08. The summed E-state index contributed by atoms with van der Waals surface area (Å²) in [6.45, 7) is 6.42. The Morgan fingerprint density at radius 1 is 1.18 bits per heavy atom. The quantitative estimate of drug-likeness (QED) is 0.781. The number of likely N-dealkylation sites (tertiary alicyclic amines) is 2. The highest BCUT2D eigenvalue weighted by Crippen LogP contribution is 2.37. The lowest BCUT2D eigenvalue weighted by Gasteiger charge is -2.40. The number of rotatable bonds is 7. The molecule has 2 fully saturated rings. The third-order valence-corrected chi connectivity index (χ3v) is 6.02. The minimum Gasteiger partial charge on any atom is -0.497 e. The molecule has 0 saturated carbocycles. The van der Waals surface area contributed by atoms with Crippen molar-refractivity contribution in [2.75, 3.05) is 39.8 Å². The van der Waals surface area contributed by atoms with E-state index in [-0.39, 0.29) is 23.8 Å². The molecule has 1 N–H and O–H groups in total. The van der Waals surface area contributed by atoms with Gasteiger partial charge in [-0.25, -0.2) is 0 Å². The van der Waals surface area contributed by atoms with E-state index in [2.05, 4.69) is 10.2 Å². The molecule has 0 radical (unpaired) electrons. The van der Waals surface area contributed by atoms with E-state index in [0.717, 1.165) is 30.9 Å². The zero-order chi connectivity index (χ0) is 19.9. The largest absolute Gasteiger partial charge is 0.497 e. The highest BCUT2D eigenvalue weighted by Gasteiger charge is 2.39. The number of piperidine rings is 2. The SMILES string of the molecule is CCN1C(=O)CC[C@@H](C(=O)NCCN2CCCCC2)[C@@H]1c1ccc(OC)cc1. The third kappa shape index (κ3) is 4.85. The van der Waals surface area contributed by atoms with Crippen LogP contribution in [0.25, 0.3) is 0 Å². The zero-order valence-corrected chi connectivity index (χ0v) is 17.2. The van der Waals surface area contributed by atoms with Gasteiger partial charge in [-0.2, -0.15) is 0 Å². The molecule has 0 unspecified atom stereocenters. The van der Waals surface area contributed by atoms with Crippen LogP contribution in [0.1, 0.15) is 50.6 Å². The van der Waals surface area contributed by atoms with E-state index in [4.69, 9.17) is 4.74 Å². The number of carbonyl (C=O) groups is 2. The minimum atomic E-state index is -0.216. The van der Waals surface area contributed by atoms with Crippen molar-refractivity contribution in [1.29, 1.82) is 0 Å². The first-order valence-electron chi connectivity index (χ1n) is 10.6. The van der Waals surface area contributed by atoms with Crippen LogP contribution in [0, 0.1) is 5.92 Å². The fourth-order valence-corrected chi connectivity index (χ4v) is 4.46. The van der Waals surface area contributed by atoms with E-state index < -0.39 is 0 Å². The highest BCUT2D eigenvalue weighted by molar-refractivity contribution is 5.85. The van der Waals surface area contributed by atoms with Gasteiger partial charge in [-0.05, 0) is 57.0 Å². The van der Waals surface area contributed by atoms with E-state index in [1.54, 1.807) is 7.11 Å². The highest BCUT2D eigenvalue weighted by atomic mass is 16.5. The second-order valence-electron chi connectivity index (χ2n) is 7.74. The van der Waals surface area contributed by atoms with Crippen LogP contribution >= 0.6 is 0 Å². The molecular weight excluding hydrogens is 354 g/mol. The third-order valence-electron chi connectivity index (χ3n) is 6.02. The molecule has 0 aromatic heterocycles. The van der Waals surface area contributed by atoms with Gasteiger partial charge in [-0.1, -0.05) is 18.6 Å². The normalized spacial score (nSPS) is 23.5. The molecule has 154 valence electrons. The summed E-state index contributed by atoms with van der Waals surface area (Å²) in [5.41, 5.74) is 0.992. The van der Waals surface area contributed by atoms with Crippen molar-refractivity contribution in [3.63, 3.8) is 0 Å². The lowest BCUT2D eigenvalue weighted by molar-refractivity contribution is -0.143. The Morgan fingerprint density at radius 2 is 1.89 bits per heavy atom. The number of nitrogens with zero attached hydrogens (tertiary/aromatic N) is 2. The van der Waals surface area contributed by atoms with Crippen molar-refractivity contribution in [1.82, 2.24) is 15.1 Å². The number of methoxy groups -OCH3 is 1. The smallest absolute Gasteiger partial charge is 0.225 e. The second kappa shape index (κ2) is 9.92. The molecule has 2 amide bonds. The van der Waals surface area contributed by atoms with Crippen LogP contribution in [-0.4, -0.2) is 61.4 Å². The molecular formula is C22H33N3O3. The molecule has 28 heavy (non-hydrogen) atoms. The van der Waals surface area contributed by atoms with Crippen LogP contribution in [0.3, 0.4) is 0 Å². The Labute approximate surface area is 168 Å². The van der Waals surface area contributed by atoms with Crippen molar-refractivity contribution in [2.24, 2.45) is 5.92 Å². The van der Waals surface area contributed by atoms with Crippen molar-refractivity contribution in [3.8, 4) is 5.75 Å². The van der Waals surface area contributed by atoms with Gasteiger partial charge in [0.05, 0.1) is 19.1 Å². The molecule has 2 aliphatic rings. The predicted molar refractivity (Wildman–Crippen MR) is 109 cm³/mol. The van der Waals surface area contributed by atoms with Gasteiger partial charge in [0.25, 0.3) is 0 Å². The van der Waals surface area contributed by atoms with Gasteiger partial charge in [-0.15, -0.1) is 0 Å². The number of hydrogen-bond donors (Lipinski definition) is 1. The molecule has 6 heteroatoms. The number of amides is 2. The number of nitrogens with one attached hydrogen (secondary N) is 1. The first-order valence-corrected chi connectivity index (χ1v) is 10.6. The van der Waals surface area contributed by atoms with Gasteiger partial charge in [0.2, 0.25) is 11.8 Å². The van der Waals surface area contributed by atoms with Crippen LogP contribution in [0.15, 0.2) is 24.3 Å². The van der Waals surface area contributed by atoms with E-state index in [1.165, 1.54) is 19.3 Å². The maximum absolute atomic E-state index is 13.0. The Balaban J connectivity index is 1.68. The summed E-state index contributed by atoms with van der Waals surface area (Å²) in [4.78, 5) is 29.8. The molecule has 0 bridgehead atoms. The maximum atomic E-state index is 13.0. The Morgan fingerprint density at radius 3 is 2.54 bits per heavy atom. The molecule has 1 aromatic carbocycles. The number of ether oxygens (including phenoxy) is 1. The van der Waals surface area contributed by atoms with Gasteiger partial charge < -0.3 is 19.9 Å². The van der Waals surface area contributed by atoms with Gasteiger partial charge >= 0.3 is 0 Å². The summed E-state index contributed by atoms with van der Waals surface area (Å²) in [6, 6.07) is 7.52. The molecule has 2 heterocycles. The van der Waals surface area contributed by atoms with Crippen molar-refractivity contribution in [3.05, 3.63) is 29.8 Å². The van der Waals surface area contributed by atoms with Gasteiger partial charge in [-0.3, -0.25) is 9.59 Å². The molecule has 2 aliphatic heterocycles. The maximum Gasteiger partial charge on any atom is 0.225 e. The van der Waals surface area contributed by atoms with E-state index in [1.807, 2.05) is 36.1 Å². The fourth-order valence-electron chi connectivity index (χ4n) is 4.46. The van der Waals surface area contributed by atoms with E-state index in [0.29, 0.717) is 25.9 Å². The zero-order valence-electron chi connectivity index (χ0n) is 17.2. The lowest BCUT2D eigenvalue weighted by atomic mass is 9.83. The molecule has 0 aliphatic carbocycles. The molecule has 1 aromatic rings. The second-order valence-corrected chi connectivity index (χ2v) is 7.74. The standard InChI is InChI=1S/C22H33N3O3/c1-3-25-20(26)12-11-19(21(25)17-7-9-18(28-2)10-8-17)22(27)23-13-16-24-14-5-4-6-15-24/h7-10,19,21H,3-6,11-16H2,1-2H3,(H,23,27)/t19-,21+/m1/s1. The number of benzene rings is 1. The predicted octanol–water partition coefficient (Wildman–Crippen LogP) is 2.60. The van der Waals surface area contributed by atoms with Crippen LogP contribution < -0.4 is 10.1 Å². The summed E-state index contributed by atoms with van der Waals surface area (Å²) >= 11 is 0. The summed E-state index contributed by atoms with van der Waals surface area (Å²) < 4.78 is 5.25. The average Bonchev–Trinajstić information content (AvgIpc) is 2.74. The first kappa shape index (κ1) is 20.6. The summed E-state index contributed by atoms with van der Waals surface area (Å²) in [6.07, 6.45) is 4.86. The van der Waals surface area contributed by atoms with Gasteiger partial charge in [0.1, 0.15) is 5.75 Å². The molecule has 6 nitrogen and oxygen atoms in total. The van der Waals surface area contributed by atoms with Gasteiger partial charge in [0.15, 0.2) is 0 Å². The monoisotopic (exact) mass is 387 g/mol. The fraction of sp³-hybridized carbons (Fsp3) is 0.636. The van der Waals surface area contributed by atoms with Crippen molar-refractivity contribution >= 4 is 11.8 Å². The summed E-state index contributed by atoms with van der Waals surface area (Å²) in [5, 5.41) is 3.14. The first-order chi connectivity index (χ1) is 13.6. The number of carbonyl (C=O) groups excluding carboxylic acids is 2. The van der Waals surface area contributed by atoms with E-state index >= 15 is 0 Å². The Kier molecular flexibility index (Phi) is 7.31. The van der Waals surface area contributed by atoms with Crippen LogP contribution in [0.4, 0.5) is 0 Å². The lowest BCUT2D eigenvalue weighted by Crippen LogP contribution is -2.49. The summed E-state index contributed by atoms with van der Waals surface area (Å²) in [7, 11) is 1.63. The van der Waals surface area contributed by atoms with Crippen LogP contribution in [0.2, 0.25) is 0 Å². The van der Waals surface area contributed by atoms with Crippen LogP contribution in [-0.2, 0) is 9.59 Å². The van der Waals surface area contributed by atoms with Crippen LogP contribution in [0.5, 0.6) is 5.75 Å². The summed E-state index contributed by atoms with van der Waals surface area (Å²) in [5.74, 6) is 0.744. The molecule has 2 saturated heterocycles. The minimum absolute atomic E-state index is 0.0591. The van der Waals surface area contributed by atoms with Gasteiger partial charge in [0, 0.05) is 26.1 Å². The number of hydrogen-bond acceptors (Lipinski definition) is 4. The molecule has 0 spiro atoms.